The van der Waals surface area contributed by atoms with Gasteiger partial charge in [0.15, 0.2) is 0 Å². The SMILES string of the molecule is C[C@@H]1[C@@H](NC(=O)[C@@H]2[C@H]([C@H](C)O)[C@H](CO)ON2Cc2cccc(-c3cccc(C(=O)NCCN(C)C)c3)c2OCC2CC2)C[C@H]2C[C@@H]1C2(C)C. The summed E-state index contributed by atoms with van der Waals surface area (Å²) >= 11 is 0. The molecule has 2 bridgehead atoms. The molecule has 7 rings (SSSR count). The number of hydroxylamine groups is 2. The van der Waals surface area contributed by atoms with Gasteiger partial charge in [0.2, 0.25) is 5.91 Å². The van der Waals surface area contributed by atoms with E-state index < -0.39 is 24.2 Å². The summed E-state index contributed by atoms with van der Waals surface area (Å²) in [4.78, 5) is 35.6. The Labute approximate surface area is 291 Å². The summed E-state index contributed by atoms with van der Waals surface area (Å²) in [5.74, 6) is 1.77. The minimum absolute atomic E-state index is 0.0575. The van der Waals surface area contributed by atoms with Gasteiger partial charge in [0.25, 0.3) is 5.91 Å². The molecule has 0 radical (unpaired) electrons. The van der Waals surface area contributed by atoms with Gasteiger partial charge in [-0.15, -0.1) is 0 Å². The summed E-state index contributed by atoms with van der Waals surface area (Å²) in [5, 5.41) is 29.3. The molecule has 0 spiro atoms. The third-order valence-corrected chi connectivity index (χ3v) is 11.9. The Kier molecular flexibility index (Phi) is 10.7. The summed E-state index contributed by atoms with van der Waals surface area (Å²) in [7, 11) is 3.94. The molecule has 8 atom stereocenters. The number of aliphatic hydroxyl groups excluding tert-OH is 2. The van der Waals surface area contributed by atoms with Crippen molar-refractivity contribution in [3.05, 3.63) is 53.6 Å². The number of nitrogens with one attached hydrogen (secondary N) is 2. The number of benzene rings is 2. The smallest absolute Gasteiger partial charge is 0.251 e. The second-order valence-corrected chi connectivity index (χ2v) is 15.9. The van der Waals surface area contributed by atoms with Gasteiger partial charge in [-0.1, -0.05) is 51.1 Å². The van der Waals surface area contributed by atoms with Crippen molar-refractivity contribution in [3.63, 3.8) is 0 Å². The highest BCUT2D eigenvalue weighted by Gasteiger charge is 2.57. The van der Waals surface area contributed by atoms with Crippen LogP contribution in [0, 0.1) is 35.0 Å². The number of fused-ring (bicyclic) bond motifs is 2. The number of carbonyl (C=O) groups is 2. The van der Waals surface area contributed by atoms with Gasteiger partial charge in [-0.25, -0.2) is 0 Å². The van der Waals surface area contributed by atoms with E-state index in [9.17, 15) is 19.8 Å². The molecular weight excluding hydrogens is 620 g/mol. The fraction of sp³-hybridized carbons (Fsp3) is 0.641. The van der Waals surface area contributed by atoms with E-state index in [1.165, 1.54) is 6.42 Å². The lowest BCUT2D eigenvalue weighted by Crippen LogP contribution is -2.62. The molecular formula is C39H56N4O6. The van der Waals surface area contributed by atoms with Crippen LogP contribution in [0.4, 0.5) is 0 Å². The van der Waals surface area contributed by atoms with Crippen molar-refractivity contribution < 1.29 is 29.4 Å². The zero-order valence-electron chi connectivity index (χ0n) is 30.0. The summed E-state index contributed by atoms with van der Waals surface area (Å²) in [6.07, 6.45) is 2.81. The van der Waals surface area contributed by atoms with Gasteiger partial charge in [-0.3, -0.25) is 14.4 Å². The largest absolute Gasteiger partial charge is 0.492 e. The van der Waals surface area contributed by atoms with Crippen molar-refractivity contribution in [2.24, 2.45) is 35.0 Å². The fourth-order valence-electron chi connectivity index (χ4n) is 8.57. The second-order valence-electron chi connectivity index (χ2n) is 15.9. The lowest BCUT2D eigenvalue weighted by molar-refractivity contribution is -0.183. The first kappa shape index (κ1) is 35.8. The van der Waals surface area contributed by atoms with E-state index in [2.05, 4.69) is 31.4 Å². The van der Waals surface area contributed by atoms with Crippen LogP contribution >= 0.6 is 0 Å². The standard InChI is InChI=1S/C39H56N4O6/c1-23-31-18-29(39(31,3)4)19-32(23)41-38(47)35-34(24(2)45)33(21-44)49-43(35)20-28-11-8-12-30(36(28)48-22-25-13-14-25)26-9-7-10-27(17-26)37(46)40-15-16-42(5)6/h7-12,17,23-25,29,31-35,44-45H,13-16,18-22H2,1-6H3,(H,40,46)(H,41,47)/t23-,24-,29+,31-,32-,33-,34+,35-/m0/s1. The average molecular weight is 677 g/mol. The highest BCUT2D eigenvalue weighted by Crippen LogP contribution is 2.61. The number of carbonyl (C=O) groups excluding carboxylic acids is 2. The predicted molar refractivity (Wildman–Crippen MR) is 189 cm³/mol. The first-order chi connectivity index (χ1) is 23.4. The molecule has 1 aliphatic heterocycles. The van der Waals surface area contributed by atoms with Gasteiger partial charge >= 0.3 is 0 Å². The van der Waals surface area contributed by atoms with Crippen LogP contribution in [0.2, 0.25) is 0 Å². The van der Waals surface area contributed by atoms with Gasteiger partial charge in [-0.05, 0) is 93.5 Å². The summed E-state index contributed by atoms with van der Waals surface area (Å²) in [6, 6.07) is 12.7. The van der Waals surface area contributed by atoms with Crippen LogP contribution in [0.3, 0.4) is 0 Å². The quantitative estimate of drug-likeness (QED) is 0.236. The van der Waals surface area contributed by atoms with Crippen LogP contribution in [-0.2, 0) is 16.2 Å². The molecule has 10 heteroatoms. The number of para-hydroxylation sites is 1. The molecule has 4 aliphatic carbocycles. The normalized spacial score (nSPS) is 29.7. The van der Waals surface area contributed by atoms with E-state index in [0.29, 0.717) is 53.6 Å². The molecule has 2 aromatic rings. The molecule has 5 aliphatic rings. The molecule has 0 aromatic heterocycles. The van der Waals surface area contributed by atoms with Crippen molar-refractivity contribution >= 4 is 11.8 Å². The third-order valence-electron chi connectivity index (χ3n) is 11.9. The van der Waals surface area contributed by atoms with Crippen LogP contribution in [0.1, 0.15) is 69.3 Å². The minimum Gasteiger partial charge on any atom is -0.492 e. The van der Waals surface area contributed by atoms with Crippen LogP contribution in [0.5, 0.6) is 5.75 Å². The lowest BCUT2D eigenvalue weighted by Gasteiger charge is -2.62. The van der Waals surface area contributed by atoms with Gasteiger partial charge in [-0.2, -0.15) is 5.06 Å². The van der Waals surface area contributed by atoms with Gasteiger partial charge in [0.05, 0.1) is 25.9 Å². The molecule has 49 heavy (non-hydrogen) atoms. The van der Waals surface area contributed by atoms with E-state index in [0.717, 1.165) is 42.5 Å². The Balaban J connectivity index is 1.27. The molecule has 1 saturated heterocycles. The first-order valence-electron chi connectivity index (χ1n) is 18.2. The van der Waals surface area contributed by atoms with Crippen molar-refractivity contribution in [1.82, 2.24) is 20.6 Å². The molecule has 2 amide bonds. The Morgan fingerprint density at radius 1 is 1.14 bits per heavy atom. The van der Waals surface area contributed by atoms with E-state index >= 15 is 0 Å². The van der Waals surface area contributed by atoms with E-state index in [1.807, 2.05) is 61.5 Å². The lowest BCUT2D eigenvalue weighted by atomic mass is 9.45. The Morgan fingerprint density at radius 3 is 2.55 bits per heavy atom. The average Bonchev–Trinajstić information content (AvgIpc) is 3.82. The number of hydrogen-bond acceptors (Lipinski definition) is 8. The van der Waals surface area contributed by atoms with Crippen molar-refractivity contribution in [2.75, 3.05) is 40.4 Å². The Morgan fingerprint density at radius 2 is 1.90 bits per heavy atom. The maximum absolute atomic E-state index is 14.2. The zero-order chi connectivity index (χ0) is 35.0. The third kappa shape index (κ3) is 7.54. The van der Waals surface area contributed by atoms with E-state index in [1.54, 1.807) is 12.0 Å². The van der Waals surface area contributed by atoms with Crippen molar-refractivity contribution in [1.29, 1.82) is 0 Å². The van der Waals surface area contributed by atoms with E-state index in [4.69, 9.17) is 9.57 Å². The molecule has 0 unspecified atom stereocenters. The number of nitrogens with zero attached hydrogens (tertiary/aromatic N) is 2. The molecule has 4 N–H and O–H groups in total. The van der Waals surface area contributed by atoms with Crippen molar-refractivity contribution in [2.45, 2.75) is 84.2 Å². The summed E-state index contributed by atoms with van der Waals surface area (Å²) < 4.78 is 6.56. The molecule has 268 valence electrons. The minimum atomic E-state index is -0.877. The highest BCUT2D eigenvalue weighted by atomic mass is 16.7. The monoisotopic (exact) mass is 676 g/mol. The Bertz CT molecular complexity index is 1490. The maximum Gasteiger partial charge on any atom is 0.251 e. The molecule has 10 nitrogen and oxygen atoms in total. The number of rotatable bonds is 14. The van der Waals surface area contributed by atoms with Gasteiger partial charge in [0, 0.05) is 41.7 Å². The highest BCUT2D eigenvalue weighted by molar-refractivity contribution is 5.95. The Hall–Kier alpha value is -3.02. The van der Waals surface area contributed by atoms with Crippen LogP contribution in [0.25, 0.3) is 11.1 Å². The first-order valence-corrected chi connectivity index (χ1v) is 18.2. The second kappa shape index (κ2) is 14.7. The van der Waals surface area contributed by atoms with Crippen LogP contribution < -0.4 is 15.4 Å². The number of hydrogen-bond donors (Lipinski definition) is 4. The molecule has 2 aromatic carbocycles. The molecule has 5 fully saturated rings. The number of aliphatic hydroxyl groups is 2. The molecule has 4 saturated carbocycles. The van der Waals surface area contributed by atoms with Crippen molar-refractivity contribution in [3.8, 4) is 16.9 Å². The molecule has 1 heterocycles. The zero-order valence-corrected chi connectivity index (χ0v) is 30.0. The topological polar surface area (TPSA) is 124 Å². The van der Waals surface area contributed by atoms with Gasteiger partial charge < -0.3 is 30.5 Å². The number of ether oxygens (including phenoxy) is 1. The van der Waals surface area contributed by atoms with Gasteiger partial charge in [0.1, 0.15) is 17.9 Å². The number of amides is 2. The predicted octanol–water partition coefficient (Wildman–Crippen LogP) is 4.09. The fourth-order valence-corrected chi connectivity index (χ4v) is 8.57. The van der Waals surface area contributed by atoms with Crippen LogP contribution in [-0.4, -0.2) is 96.7 Å². The maximum atomic E-state index is 14.2. The summed E-state index contributed by atoms with van der Waals surface area (Å²) in [5.41, 5.74) is 3.40. The van der Waals surface area contributed by atoms with E-state index in [-0.39, 0.29) is 31.0 Å². The van der Waals surface area contributed by atoms with Crippen LogP contribution in [0.15, 0.2) is 42.5 Å². The number of likely N-dealkylation sites (N-methyl/N-ethyl adjacent to an activating group) is 1. The summed E-state index contributed by atoms with van der Waals surface area (Å²) in [6.45, 7) is 10.4.